The van der Waals surface area contributed by atoms with Gasteiger partial charge in [0.2, 0.25) is 0 Å². The molecule has 0 aliphatic carbocycles. The Balaban J connectivity index is 0.00000156. The first-order chi connectivity index (χ1) is 10.7. The van der Waals surface area contributed by atoms with Crippen LogP contribution in [0.5, 0.6) is 0 Å². The number of nitrogens with one attached hydrogen (secondary N) is 1. The van der Waals surface area contributed by atoms with E-state index in [1.807, 2.05) is 30.3 Å². The molecule has 1 N–H and O–H groups in total. The number of sulfone groups is 1. The highest BCUT2D eigenvalue weighted by Crippen LogP contribution is 2.38. The molecular formula is C17H16ClNO3S. The first-order valence-electron chi connectivity index (χ1n) is 7.20. The number of furan rings is 1. The molecule has 1 aliphatic heterocycles. The van der Waals surface area contributed by atoms with Gasteiger partial charge in [0.05, 0.1) is 4.90 Å². The molecule has 1 aliphatic rings. The van der Waals surface area contributed by atoms with Gasteiger partial charge in [-0.05, 0) is 18.2 Å². The Kier molecular flexibility index (Phi) is 4.19. The van der Waals surface area contributed by atoms with Crippen molar-refractivity contribution in [2.24, 2.45) is 0 Å². The van der Waals surface area contributed by atoms with Gasteiger partial charge in [-0.25, -0.2) is 8.42 Å². The van der Waals surface area contributed by atoms with Crippen LogP contribution in [-0.2, 0) is 16.3 Å². The predicted octanol–water partition coefficient (Wildman–Crippen LogP) is 3.47. The van der Waals surface area contributed by atoms with Crippen molar-refractivity contribution < 1.29 is 12.8 Å². The summed E-state index contributed by atoms with van der Waals surface area (Å²) in [5, 5.41) is 3.25. The zero-order valence-electron chi connectivity index (χ0n) is 12.2. The highest BCUT2D eigenvalue weighted by atomic mass is 35.5. The maximum atomic E-state index is 13.0. The Bertz CT molecular complexity index is 935. The van der Waals surface area contributed by atoms with Crippen LogP contribution in [0.15, 0.2) is 63.9 Å². The number of hydrogen-bond donors (Lipinski definition) is 1. The predicted molar refractivity (Wildman–Crippen MR) is 91.5 cm³/mol. The minimum atomic E-state index is -3.51. The molecule has 23 heavy (non-hydrogen) atoms. The molecule has 0 fully saturated rings. The molecule has 4 nitrogen and oxygen atoms in total. The molecule has 0 saturated carbocycles. The van der Waals surface area contributed by atoms with Gasteiger partial charge >= 0.3 is 0 Å². The van der Waals surface area contributed by atoms with Crippen molar-refractivity contribution in [2.45, 2.75) is 16.7 Å². The van der Waals surface area contributed by atoms with Crippen LogP contribution < -0.4 is 5.32 Å². The van der Waals surface area contributed by atoms with E-state index in [1.165, 1.54) is 0 Å². The molecule has 0 amide bonds. The van der Waals surface area contributed by atoms with Crippen molar-refractivity contribution in [3.05, 3.63) is 65.9 Å². The fourth-order valence-corrected chi connectivity index (χ4v) is 4.73. The lowest BCUT2D eigenvalue weighted by Gasteiger charge is -2.23. The average Bonchev–Trinajstić information content (AvgIpc) is 2.94. The van der Waals surface area contributed by atoms with Crippen LogP contribution in [0.2, 0.25) is 0 Å². The first kappa shape index (κ1) is 16.1. The van der Waals surface area contributed by atoms with Gasteiger partial charge in [-0.2, -0.15) is 0 Å². The van der Waals surface area contributed by atoms with Gasteiger partial charge in [0, 0.05) is 23.9 Å². The zero-order valence-corrected chi connectivity index (χ0v) is 13.9. The summed E-state index contributed by atoms with van der Waals surface area (Å²) in [6.45, 7) is 0.587. The lowest BCUT2D eigenvalue weighted by molar-refractivity contribution is 0.481. The molecule has 1 atom stereocenters. The number of benzene rings is 2. The minimum Gasteiger partial charge on any atom is -0.461 e. The van der Waals surface area contributed by atoms with Crippen molar-refractivity contribution in [3.63, 3.8) is 0 Å². The maximum absolute atomic E-state index is 13.0. The molecule has 3 aromatic rings. The molecule has 1 unspecified atom stereocenters. The fourth-order valence-electron chi connectivity index (χ4n) is 3.02. The molecule has 0 saturated heterocycles. The van der Waals surface area contributed by atoms with Gasteiger partial charge < -0.3 is 4.42 Å². The Hall–Kier alpha value is -1.82. The molecule has 6 heteroatoms. The second kappa shape index (κ2) is 6.00. The summed E-state index contributed by atoms with van der Waals surface area (Å²) < 4.78 is 31.8. The average molecular weight is 350 g/mol. The molecule has 0 bridgehead atoms. The topological polar surface area (TPSA) is 59.3 Å². The normalized spacial score (nSPS) is 17.5. The summed E-state index contributed by atoms with van der Waals surface area (Å²) in [7, 11) is -3.51. The Morgan fingerprint density at radius 3 is 2.48 bits per heavy atom. The standard InChI is InChI=1S/C17H15NO3S.ClH/c19-22(20,12-6-2-1-3-7-12)17-16-13-8-4-5-9-14(13)21-15(16)10-11-18-17;/h1-9,17-18H,10-11H2;1H. The quantitative estimate of drug-likeness (QED) is 0.769. The van der Waals surface area contributed by atoms with Crippen LogP contribution >= 0.6 is 12.4 Å². The van der Waals surface area contributed by atoms with E-state index in [1.54, 1.807) is 24.3 Å². The molecule has 4 rings (SSSR count). The van der Waals surface area contributed by atoms with Crippen LogP contribution in [-0.4, -0.2) is 15.0 Å². The summed E-state index contributed by atoms with van der Waals surface area (Å²) in [5.74, 6) is 0.768. The summed E-state index contributed by atoms with van der Waals surface area (Å²) in [5.41, 5.74) is 1.50. The van der Waals surface area contributed by atoms with Crippen LogP contribution in [0.3, 0.4) is 0 Å². The fraction of sp³-hybridized carbons (Fsp3) is 0.176. The highest BCUT2D eigenvalue weighted by Gasteiger charge is 2.36. The van der Waals surface area contributed by atoms with E-state index in [-0.39, 0.29) is 12.4 Å². The third-order valence-corrected chi connectivity index (χ3v) is 5.99. The van der Waals surface area contributed by atoms with Gasteiger partial charge in [0.1, 0.15) is 16.7 Å². The van der Waals surface area contributed by atoms with Crippen LogP contribution in [0.1, 0.15) is 16.7 Å². The van der Waals surface area contributed by atoms with E-state index < -0.39 is 15.2 Å². The molecule has 120 valence electrons. The largest absolute Gasteiger partial charge is 0.461 e. The Morgan fingerprint density at radius 1 is 1.00 bits per heavy atom. The number of hydrogen-bond acceptors (Lipinski definition) is 4. The molecule has 0 radical (unpaired) electrons. The van der Waals surface area contributed by atoms with Crippen molar-refractivity contribution in [2.75, 3.05) is 6.54 Å². The molecule has 2 aromatic carbocycles. The van der Waals surface area contributed by atoms with E-state index in [9.17, 15) is 8.42 Å². The monoisotopic (exact) mass is 349 g/mol. The molecule has 1 aromatic heterocycles. The second-order valence-corrected chi connectivity index (χ2v) is 7.41. The third kappa shape index (κ3) is 2.55. The summed E-state index contributed by atoms with van der Waals surface area (Å²) in [4.78, 5) is 0.325. The van der Waals surface area contributed by atoms with Crippen molar-refractivity contribution >= 4 is 33.2 Å². The Morgan fingerprint density at radius 2 is 1.70 bits per heavy atom. The van der Waals surface area contributed by atoms with Gasteiger partial charge in [-0.3, -0.25) is 5.32 Å². The second-order valence-electron chi connectivity index (χ2n) is 5.38. The van der Waals surface area contributed by atoms with E-state index in [0.29, 0.717) is 17.9 Å². The lowest BCUT2D eigenvalue weighted by atomic mass is 10.1. The van der Waals surface area contributed by atoms with Crippen molar-refractivity contribution in [1.29, 1.82) is 0 Å². The van der Waals surface area contributed by atoms with E-state index in [2.05, 4.69) is 5.32 Å². The van der Waals surface area contributed by atoms with Crippen LogP contribution in [0, 0.1) is 0 Å². The van der Waals surface area contributed by atoms with Crippen LogP contribution in [0.25, 0.3) is 11.0 Å². The number of rotatable bonds is 2. The Labute approximate surface area is 140 Å². The number of halogens is 1. The van der Waals surface area contributed by atoms with Crippen LogP contribution in [0.4, 0.5) is 0 Å². The van der Waals surface area contributed by atoms with Gasteiger partial charge in [0.15, 0.2) is 9.84 Å². The summed E-state index contributed by atoms with van der Waals surface area (Å²) in [6, 6.07) is 16.1. The summed E-state index contributed by atoms with van der Waals surface area (Å²) >= 11 is 0. The molecule has 2 heterocycles. The maximum Gasteiger partial charge on any atom is 0.198 e. The van der Waals surface area contributed by atoms with Gasteiger partial charge in [-0.15, -0.1) is 12.4 Å². The van der Waals surface area contributed by atoms with E-state index in [0.717, 1.165) is 22.3 Å². The zero-order chi connectivity index (χ0) is 15.2. The number of fused-ring (bicyclic) bond motifs is 3. The minimum absolute atomic E-state index is 0. The molecular weight excluding hydrogens is 334 g/mol. The highest BCUT2D eigenvalue weighted by molar-refractivity contribution is 7.91. The van der Waals surface area contributed by atoms with Crippen molar-refractivity contribution in [3.8, 4) is 0 Å². The summed E-state index contributed by atoms with van der Waals surface area (Å²) in [6.07, 6.45) is 0.699. The van der Waals surface area contributed by atoms with Gasteiger partial charge in [-0.1, -0.05) is 36.4 Å². The van der Waals surface area contributed by atoms with Crippen molar-refractivity contribution in [1.82, 2.24) is 5.32 Å². The van der Waals surface area contributed by atoms with E-state index >= 15 is 0 Å². The smallest absolute Gasteiger partial charge is 0.198 e. The number of para-hydroxylation sites is 1. The lowest BCUT2D eigenvalue weighted by Crippen LogP contribution is -2.34. The first-order valence-corrected chi connectivity index (χ1v) is 8.75. The third-order valence-electron chi connectivity index (χ3n) is 4.04. The van der Waals surface area contributed by atoms with E-state index in [4.69, 9.17) is 4.42 Å². The SMILES string of the molecule is Cl.O=S(=O)(c1ccccc1)C1NCCc2oc3ccccc3c21. The molecule has 0 spiro atoms. The van der Waals surface area contributed by atoms with Gasteiger partial charge in [0.25, 0.3) is 0 Å².